The molecule has 0 bridgehead atoms. The third-order valence-corrected chi connectivity index (χ3v) is 3.91. The van der Waals surface area contributed by atoms with Crippen molar-refractivity contribution in [3.05, 3.63) is 52.6 Å². The molecule has 0 aliphatic rings. The average molecular weight is 376 g/mol. The molecule has 0 unspecified atom stereocenters. The van der Waals surface area contributed by atoms with Gasteiger partial charge in [-0.3, -0.25) is 4.79 Å². The molecule has 1 aromatic carbocycles. The number of amides is 1. The lowest BCUT2D eigenvalue weighted by Gasteiger charge is -2.13. The van der Waals surface area contributed by atoms with Gasteiger partial charge in [0.05, 0.1) is 17.9 Å². The number of nitrogens with one attached hydrogen (secondary N) is 2. The van der Waals surface area contributed by atoms with E-state index in [2.05, 4.69) is 10.3 Å². The average Bonchev–Trinajstić information content (AvgIpc) is 2.91. The van der Waals surface area contributed by atoms with Crippen molar-refractivity contribution in [3.8, 4) is 0 Å². The van der Waals surface area contributed by atoms with Crippen LogP contribution in [-0.4, -0.2) is 35.5 Å². The number of ether oxygens (including phenoxy) is 2. The SMILES string of the molecule is CCOC(=O)c1c(C)[nH]c(C(=O)O[C@H](C)C(=O)Nc2ccccc2F)c1C. The lowest BCUT2D eigenvalue weighted by Crippen LogP contribution is -2.30. The molecule has 8 heteroatoms. The Morgan fingerprint density at radius 2 is 1.85 bits per heavy atom. The molecule has 0 saturated carbocycles. The molecule has 0 radical (unpaired) electrons. The largest absolute Gasteiger partial charge is 0.462 e. The maximum absolute atomic E-state index is 13.6. The number of anilines is 1. The highest BCUT2D eigenvalue weighted by molar-refractivity contribution is 6.00. The number of carbonyl (C=O) groups excluding carboxylic acids is 3. The molecule has 27 heavy (non-hydrogen) atoms. The molecular weight excluding hydrogens is 355 g/mol. The minimum absolute atomic E-state index is 0.0121. The minimum atomic E-state index is -1.17. The summed E-state index contributed by atoms with van der Waals surface area (Å²) in [4.78, 5) is 39.3. The van der Waals surface area contributed by atoms with E-state index in [1.54, 1.807) is 26.8 Å². The Hall–Kier alpha value is -3.16. The molecule has 144 valence electrons. The fourth-order valence-corrected chi connectivity index (χ4v) is 2.53. The zero-order valence-electron chi connectivity index (χ0n) is 15.5. The van der Waals surface area contributed by atoms with Gasteiger partial charge in [-0.05, 0) is 45.4 Å². The lowest BCUT2D eigenvalue weighted by molar-refractivity contribution is -0.123. The van der Waals surface area contributed by atoms with Gasteiger partial charge in [0.15, 0.2) is 6.10 Å². The molecule has 0 aliphatic carbocycles. The summed E-state index contributed by atoms with van der Waals surface area (Å²) in [6.07, 6.45) is -1.17. The number of carbonyl (C=O) groups is 3. The number of para-hydroxylation sites is 1. The maximum Gasteiger partial charge on any atom is 0.355 e. The van der Waals surface area contributed by atoms with E-state index in [1.807, 2.05) is 0 Å². The Morgan fingerprint density at radius 1 is 1.19 bits per heavy atom. The summed E-state index contributed by atoms with van der Waals surface area (Å²) in [5.41, 5.74) is 1.13. The van der Waals surface area contributed by atoms with E-state index >= 15 is 0 Å². The topological polar surface area (TPSA) is 97.5 Å². The summed E-state index contributed by atoms with van der Waals surface area (Å²) < 4.78 is 23.7. The van der Waals surface area contributed by atoms with Crippen molar-refractivity contribution in [3.63, 3.8) is 0 Å². The van der Waals surface area contributed by atoms with Gasteiger partial charge < -0.3 is 19.8 Å². The van der Waals surface area contributed by atoms with Crippen LogP contribution in [-0.2, 0) is 14.3 Å². The van der Waals surface area contributed by atoms with Crippen molar-refractivity contribution in [2.24, 2.45) is 0 Å². The van der Waals surface area contributed by atoms with Crippen molar-refractivity contribution in [1.29, 1.82) is 0 Å². The molecule has 0 saturated heterocycles. The van der Waals surface area contributed by atoms with Gasteiger partial charge in [0.1, 0.15) is 11.5 Å². The molecule has 1 atom stereocenters. The molecule has 2 aromatic rings. The smallest absolute Gasteiger partial charge is 0.355 e. The summed E-state index contributed by atoms with van der Waals surface area (Å²) in [5.74, 6) is -2.63. The Morgan fingerprint density at radius 3 is 2.48 bits per heavy atom. The Kier molecular flexibility index (Phi) is 6.33. The quantitative estimate of drug-likeness (QED) is 0.755. The lowest BCUT2D eigenvalue weighted by atomic mass is 10.1. The first-order valence-corrected chi connectivity index (χ1v) is 8.38. The van der Waals surface area contributed by atoms with Crippen LogP contribution in [0.2, 0.25) is 0 Å². The van der Waals surface area contributed by atoms with Crippen LogP contribution < -0.4 is 5.32 Å². The zero-order chi connectivity index (χ0) is 20.1. The number of aromatic nitrogens is 1. The number of esters is 2. The Balaban J connectivity index is 2.10. The highest BCUT2D eigenvalue weighted by Crippen LogP contribution is 2.20. The standard InChI is InChI=1S/C19H21FN2O5/c1-5-26-18(24)15-10(2)16(21-11(15)3)19(25)27-12(4)17(23)22-14-9-7-6-8-13(14)20/h6-9,12,21H,5H2,1-4H3,(H,22,23)/t12-/m1/s1. The second-order valence-corrected chi connectivity index (χ2v) is 5.86. The summed E-state index contributed by atoms with van der Waals surface area (Å²) in [6.45, 7) is 6.46. The Bertz CT molecular complexity index is 875. The van der Waals surface area contributed by atoms with Crippen LogP contribution >= 0.6 is 0 Å². The van der Waals surface area contributed by atoms with E-state index in [1.165, 1.54) is 25.1 Å². The number of rotatable bonds is 6. The van der Waals surface area contributed by atoms with E-state index < -0.39 is 29.8 Å². The number of aromatic amines is 1. The van der Waals surface area contributed by atoms with Gasteiger partial charge in [-0.25, -0.2) is 14.0 Å². The van der Waals surface area contributed by atoms with Crippen LogP contribution in [0.1, 0.15) is 46.0 Å². The van der Waals surface area contributed by atoms with Crippen LogP contribution in [0.25, 0.3) is 0 Å². The molecule has 0 aliphatic heterocycles. The number of hydrogen-bond donors (Lipinski definition) is 2. The van der Waals surface area contributed by atoms with Gasteiger partial charge in [-0.1, -0.05) is 12.1 Å². The maximum atomic E-state index is 13.6. The van der Waals surface area contributed by atoms with Gasteiger partial charge in [0.25, 0.3) is 5.91 Å². The van der Waals surface area contributed by atoms with Gasteiger partial charge in [0.2, 0.25) is 0 Å². The molecule has 2 rings (SSSR count). The second kappa shape index (κ2) is 8.48. The van der Waals surface area contributed by atoms with Crippen molar-refractivity contribution in [1.82, 2.24) is 4.98 Å². The number of hydrogen-bond acceptors (Lipinski definition) is 5. The minimum Gasteiger partial charge on any atom is -0.462 e. The highest BCUT2D eigenvalue weighted by atomic mass is 19.1. The first-order valence-electron chi connectivity index (χ1n) is 8.38. The molecular formula is C19H21FN2O5. The molecule has 0 fully saturated rings. The zero-order valence-corrected chi connectivity index (χ0v) is 15.5. The van der Waals surface area contributed by atoms with Crippen LogP contribution in [0.15, 0.2) is 24.3 Å². The van der Waals surface area contributed by atoms with Crippen LogP contribution in [0, 0.1) is 19.7 Å². The monoisotopic (exact) mass is 376 g/mol. The van der Waals surface area contributed by atoms with E-state index in [4.69, 9.17) is 9.47 Å². The molecule has 1 amide bonds. The number of halogens is 1. The first kappa shape index (κ1) is 20.2. The Labute approximate surface area is 155 Å². The second-order valence-electron chi connectivity index (χ2n) is 5.86. The first-order chi connectivity index (χ1) is 12.8. The number of H-pyrrole nitrogens is 1. The third kappa shape index (κ3) is 4.52. The van der Waals surface area contributed by atoms with Crippen molar-refractivity contribution >= 4 is 23.5 Å². The normalized spacial score (nSPS) is 11.6. The van der Waals surface area contributed by atoms with Crippen molar-refractivity contribution in [2.75, 3.05) is 11.9 Å². The van der Waals surface area contributed by atoms with E-state index in [0.717, 1.165) is 0 Å². The number of benzene rings is 1. The molecule has 2 N–H and O–H groups in total. The summed E-state index contributed by atoms with van der Waals surface area (Å²) in [5, 5.41) is 2.36. The van der Waals surface area contributed by atoms with Crippen molar-refractivity contribution < 1.29 is 28.2 Å². The molecule has 7 nitrogen and oxygen atoms in total. The van der Waals surface area contributed by atoms with Gasteiger partial charge in [0, 0.05) is 5.69 Å². The fraction of sp³-hybridized carbons (Fsp3) is 0.316. The van der Waals surface area contributed by atoms with E-state index in [9.17, 15) is 18.8 Å². The summed E-state index contributed by atoms with van der Waals surface area (Å²) in [7, 11) is 0. The number of aryl methyl sites for hydroxylation is 1. The van der Waals surface area contributed by atoms with Crippen LogP contribution in [0.4, 0.5) is 10.1 Å². The summed E-state index contributed by atoms with van der Waals surface area (Å²) in [6, 6.07) is 5.66. The van der Waals surface area contributed by atoms with Gasteiger partial charge in [-0.15, -0.1) is 0 Å². The van der Waals surface area contributed by atoms with Crippen LogP contribution in [0.3, 0.4) is 0 Å². The van der Waals surface area contributed by atoms with Crippen LogP contribution in [0.5, 0.6) is 0 Å². The fourth-order valence-electron chi connectivity index (χ4n) is 2.53. The van der Waals surface area contributed by atoms with E-state index in [-0.39, 0.29) is 23.6 Å². The van der Waals surface area contributed by atoms with Gasteiger partial charge >= 0.3 is 11.9 Å². The predicted molar refractivity (Wildman–Crippen MR) is 96.1 cm³/mol. The summed E-state index contributed by atoms with van der Waals surface area (Å²) >= 11 is 0. The third-order valence-electron chi connectivity index (χ3n) is 3.91. The molecule has 0 spiro atoms. The highest BCUT2D eigenvalue weighted by Gasteiger charge is 2.26. The molecule has 1 heterocycles. The van der Waals surface area contributed by atoms with Gasteiger partial charge in [-0.2, -0.15) is 0 Å². The van der Waals surface area contributed by atoms with Crippen molar-refractivity contribution in [2.45, 2.75) is 33.8 Å². The predicted octanol–water partition coefficient (Wildman–Crippen LogP) is 3.13. The molecule has 1 aromatic heterocycles. The van der Waals surface area contributed by atoms with E-state index in [0.29, 0.717) is 11.3 Å².